The smallest absolute Gasteiger partial charge is 0.141 e. The topological polar surface area (TPSA) is 17.8 Å². The van der Waals surface area contributed by atoms with Gasteiger partial charge in [-0.2, -0.15) is 0 Å². The van der Waals surface area contributed by atoms with E-state index in [-0.39, 0.29) is 6.04 Å². The van der Waals surface area contributed by atoms with Gasteiger partial charge >= 0.3 is 0 Å². The molecular formula is C39H29BrN2. The molecule has 0 radical (unpaired) electrons. The largest absolute Gasteiger partial charge is 0.317 e. The number of rotatable bonds is 4. The first-order valence-corrected chi connectivity index (χ1v) is 15.1. The Balaban J connectivity index is 1.39. The van der Waals surface area contributed by atoms with Crippen molar-refractivity contribution in [1.29, 1.82) is 0 Å². The molecule has 1 unspecified atom stereocenters. The molecule has 1 aliphatic rings. The van der Waals surface area contributed by atoms with E-state index in [2.05, 4.69) is 178 Å². The van der Waals surface area contributed by atoms with Crippen molar-refractivity contribution in [3.8, 4) is 33.6 Å². The lowest BCUT2D eigenvalue weighted by molar-refractivity contribution is 0.631. The van der Waals surface area contributed by atoms with Crippen LogP contribution in [-0.2, 0) is 0 Å². The molecule has 1 aromatic heterocycles. The van der Waals surface area contributed by atoms with Gasteiger partial charge in [-0.1, -0.05) is 149 Å². The van der Waals surface area contributed by atoms with Gasteiger partial charge < -0.3 is 4.57 Å². The van der Waals surface area contributed by atoms with Gasteiger partial charge in [-0.3, -0.25) is 0 Å². The van der Waals surface area contributed by atoms with E-state index in [9.17, 15) is 0 Å². The van der Waals surface area contributed by atoms with Crippen molar-refractivity contribution in [1.82, 2.24) is 9.55 Å². The van der Waals surface area contributed by atoms with Crippen molar-refractivity contribution in [3.63, 3.8) is 0 Å². The molecule has 5 aromatic carbocycles. The summed E-state index contributed by atoms with van der Waals surface area (Å²) in [4.78, 5) is 5.10. The Labute approximate surface area is 254 Å². The van der Waals surface area contributed by atoms with Crippen molar-refractivity contribution < 1.29 is 0 Å². The van der Waals surface area contributed by atoms with Gasteiger partial charge in [0, 0.05) is 10.0 Å². The van der Waals surface area contributed by atoms with Gasteiger partial charge in [-0.15, -0.1) is 0 Å². The number of halogens is 1. The fourth-order valence-corrected chi connectivity index (χ4v) is 6.10. The van der Waals surface area contributed by atoms with E-state index in [1.54, 1.807) is 0 Å². The molecule has 2 nitrogen and oxygen atoms in total. The SMILES string of the molecule is Brc1ccc(-c2ccccccc(-c3ccc(-c4nc5ccccc5n4C4C=CC=CC4)cc3)c3ccccc23)cc1. The molecular weight excluding hydrogens is 576 g/mol. The van der Waals surface area contributed by atoms with Crippen molar-refractivity contribution in [2.45, 2.75) is 12.5 Å². The number of imidazole rings is 1. The molecule has 0 amide bonds. The van der Waals surface area contributed by atoms with E-state index in [4.69, 9.17) is 4.98 Å². The summed E-state index contributed by atoms with van der Waals surface area (Å²) in [6.45, 7) is 0. The average molecular weight is 606 g/mol. The van der Waals surface area contributed by atoms with Crippen molar-refractivity contribution >= 4 is 37.7 Å². The molecule has 0 spiro atoms. The number of para-hydroxylation sites is 2. The lowest BCUT2D eigenvalue weighted by atomic mass is 9.95. The normalized spacial score (nSPS) is 14.3. The molecule has 1 aliphatic carbocycles. The second kappa shape index (κ2) is 11.6. The zero-order chi connectivity index (χ0) is 28.3. The van der Waals surface area contributed by atoms with Crippen LogP contribution >= 0.6 is 15.9 Å². The molecule has 0 saturated carbocycles. The fraction of sp³-hybridized carbons (Fsp3) is 0.0513. The maximum Gasteiger partial charge on any atom is 0.141 e. The summed E-state index contributed by atoms with van der Waals surface area (Å²) in [5.74, 6) is 0.999. The molecule has 0 aliphatic heterocycles. The average Bonchev–Trinajstić information content (AvgIpc) is 3.44. The Morgan fingerprint density at radius 1 is 0.571 bits per heavy atom. The molecule has 7 rings (SSSR count). The lowest BCUT2D eigenvalue weighted by Crippen LogP contribution is -2.08. The molecule has 42 heavy (non-hydrogen) atoms. The third kappa shape index (κ3) is 5.08. The summed E-state index contributed by atoms with van der Waals surface area (Å²) in [7, 11) is 0. The summed E-state index contributed by atoms with van der Waals surface area (Å²) < 4.78 is 3.45. The second-order valence-electron chi connectivity index (χ2n) is 10.5. The highest BCUT2D eigenvalue weighted by atomic mass is 79.9. The Morgan fingerprint density at radius 2 is 1.14 bits per heavy atom. The number of hydrogen-bond acceptors (Lipinski definition) is 1. The van der Waals surface area contributed by atoms with E-state index < -0.39 is 0 Å². The predicted molar refractivity (Wildman–Crippen MR) is 181 cm³/mol. The van der Waals surface area contributed by atoms with Crippen LogP contribution in [0.15, 0.2) is 162 Å². The molecule has 0 bridgehead atoms. The zero-order valence-corrected chi connectivity index (χ0v) is 24.7. The van der Waals surface area contributed by atoms with Crippen LogP contribution in [-0.4, -0.2) is 9.55 Å². The van der Waals surface area contributed by atoms with Gasteiger partial charge in [0.05, 0.1) is 17.1 Å². The summed E-state index contributed by atoms with van der Waals surface area (Å²) in [5, 5.41) is 2.40. The van der Waals surface area contributed by atoms with Crippen LogP contribution < -0.4 is 0 Å². The van der Waals surface area contributed by atoms with Gasteiger partial charge in [0.1, 0.15) is 5.82 Å². The maximum absolute atomic E-state index is 5.10. The van der Waals surface area contributed by atoms with Crippen LogP contribution in [0.1, 0.15) is 12.5 Å². The molecule has 202 valence electrons. The fourth-order valence-electron chi connectivity index (χ4n) is 5.84. The van der Waals surface area contributed by atoms with Crippen molar-refractivity contribution in [2.75, 3.05) is 0 Å². The van der Waals surface area contributed by atoms with Crippen LogP contribution in [0.2, 0.25) is 0 Å². The predicted octanol–water partition coefficient (Wildman–Crippen LogP) is 11.1. The zero-order valence-electron chi connectivity index (χ0n) is 23.1. The Bertz CT molecular complexity index is 2010. The van der Waals surface area contributed by atoms with Crippen molar-refractivity contribution in [3.05, 3.63) is 162 Å². The van der Waals surface area contributed by atoms with E-state index >= 15 is 0 Å². The molecule has 1 heterocycles. The number of fused-ring (bicyclic) bond motifs is 2. The number of allylic oxidation sites excluding steroid dienone is 4. The molecule has 0 saturated heterocycles. The van der Waals surface area contributed by atoms with Gasteiger partial charge in [-0.05, 0) is 63.7 Å². The van der Waals surface area contributed by atoms with Crippen LogP contribution in [0, 0.1) is 0 Å². The Hall–Kier alpha value is -4.73. The Kier molecular flexibility index (Phi) is 7.25. The first-order chi connectivity index (χ1) is 20.8. The van der Waals surface area contributed by atoms with Crippen LogP contribution in [0.3, 0.4) is 0 Å². The van der Waals surface area contributed by atoms with Gasteiger partial charge in [0.25, 0.3) is 0 Å². The highest BCUT2D eigenvalue weighted by Gasteiger charge is 2.19. The minimum atomic E-state index is 0.243. The summed E-state index contributed by atoms with van der Waals surface area (Å²) >= 11 is 3.59. The van der Waals surface area contributed by atoms with Gasteiger partial charge in [-0.25, -0.2) is 4.98 Å². The van der Waals surface area contributed by atoms with Crippen LogP contribution in [0.5, 0.6) is 0 Å². The molecule has 0 N–H and O–H groups in total. The van der Waals surface area contributed by atoms with E-state index in [0.717, 1.165) is 33.3 Å². The van der Waals surface area contributed by atoms with E-state index in [1.165, 1.54) is 33.0 Å². The minimum Gasteiger partial charge on any atom is -0.317 e. The second-order valence-corrected chi connectivity index (χ2v) is 11.4. The highest BCUT2D eigenvalue weighted by molar-refractivity contribution is 9.10. The van der Waals surface area contributed by atoms with Crippen molar-refractivity contribution in [2.24, 2.45) is 0 Å². The Morgan fingerprint density at radius 3 is 1.79 bits per heavy atom. The van der Waals surface area contributed by atoms with E-state index in [1.807, 2.05) is 0 Å². The number of aromatic nitrogens is 2. The molecule has 6 aromatic rings. The monoisotopic (exact) mass is 604 g/mol. The van der Waals surface area contributed by atoms with Gasteiger partial charge in [0.2, 0.25) is 0 Å². The summed E-state index contributed by atoms with van der Waals surface area (Å²) in [6.07, 6.45) is 9.72. The first-order valence-electron chi connectivity index (χ1n) is 14.3. The molecule has 3 heteroatoms. The first kappa shape index (κ1) is 26.2. The third-order valence-corrected chi connectivity index (χ3v) is 8.39. The molecule has 0 fully saturated rings. The maximum atomic E-state index is 5.10. The number of nitrogens with zero attached hydrogens (tertiary/aromatic N) is 2. The van der Waals surface area contributed by atoms with E-state index in [0.29, 0.717) is 0 Å². The lowest BCUT2D eigenvalue weighted by Gasteiger charge is -2.19. The van der Waals surface area contributed by atoms with Crippen LogP contribution in [0.25, 0.3) is 55.4 Å². The minimum absolute atomic E-state index is 0.243. The third-order valence-electron chi connectivity index (χ3n) is 7.86. The van der Waals surface area contributed by atoms with Gasteiger partial charge in [0.15, 0.2) is 0 Å². The molecule has 1 atom stereocenters. The standard InChI is InChI=1S/C39H29BrN2/c40-31-26-24-29(25-27-31)34-15-7-2-1-6-14-33(35-16-8-9-17-36(34)35)28-20-22-30(23-21-28)39-41-37-18-10-11-19-38(37)42(39)32-12-4-3-5-13-32/h1-12,14-27,32H,13H2. The van der Waals surface area contributed by atoms with Crippen LogP contribution in [0.4, 0.5) is 0 Å². The summed E-state index contributed by atoms with van der Waals surface area (Å²) in [6, 6.07) is 47.6. The highest BCUT2D eigenvalue weighted by Crippen LogP contribution is 2.36. The number of hydrogen-bond donors (Lipinski definition) is 0. The quantitative estimate of drug-likeness (QED) is 0.196. The number of benzene rings is 4. The summed E-state index contributed by atoms with van der Waals surface area (Å²) in [5.41, 5.74) is 8.01.